The molecule has 0 bridgehead atoms. The summed E-state index contributed by atoms with van der Waals surface area (Å²) < 4.78 is 10.3. The van der Waals surface area contributed by atoms with Crippen molar-refractivity contribution in [3.05, 3.63) is 27.4 Å². The Labute approximate surface area is 117 Å². The molecule has 0 saturated carbocycles. The highest BCUT2D eigenvalue weighted by Gasteiger charge is 2.16. The third-order valence-electron chi connectivity index (χ3n) is 2.42. The first-order chi connectivity index (χ1) is 9.26. The molecular weight excluding hydrogens is 284 g/mol. The van der Waals surface area contributed by atoms with E-state index in [4.69, 9.17) is 9.26 Å². The van der Waals surface area contributed by atoms with Gasteiger partial charge < -0.3 is 9.26 Å². The minimum Gasteiger partial charge on any atom is -0.480 e. The molecule has 0 atom stereocenters. The first-order valence-electron chi connectivity index (χ1n) is 5.47. The fourth-order valence-corrected chi connectivity index (χ4v) is 2.93. The third kappa shape index (κ3) is 2.49. The molecule has 19 heavy (non-hydrogen) atoms. The van der Waals surface area contributed by atoms with Gasteiger partial charge in [0.05, 0.1) is 29.6 Å². The van der Waals surface area contributed by atoms with Gasteiger partial charge in [0, 0.05) is 5.38 Å². The maximum Gasteiger partial charge on any atom is 0.233 e. The topological polar surface area (TPSA) is 73.9 Å². The minimum atomic E-state index is 0.488. The van der Waals surface area contributed by atoms with E-state index in [0.29, 0.717) is 29.0 Å². The Morgan fingerprint density at radius 2 is 2.26 bits per heavy atom. The molecule has 0 unspecified atom stereocenters. The summed E-state index contributed by atoms with van der Waals surface area (Å²) in [5, 5.41) is 6.59. The second kappa shape index (κ2) is 5.06. The molecule has 0 radical (unpaired) electrons. The van der Waals surface area contributed by atoms with Crippen LogP contribution in [0.1, 0.15) is 16.5 Å². The van der Waals surface area contributed by atoms with Crippen LogP contribution >= 0.6 is 22.7 Å². The summed E-state index contributed by atoms with van der Waals surface area (Å²) in [6, 6.07) is 0. The molecule has 3 rings (SSSR count). The number of methoxy groups -OCH3 is 1. The van der Waals surface area contributed by atoms with Gasteiger partial charge in [0.15, 0.2) is 5.01 Å². The lowest BCUT2D eigenvalue weighted by Crippen LogP contribution is -1.88. The quantitative estimate of drug-likeness (QED) is 0.736. The second-order valence-electron chi connectivity index (χ2n) is 3.75. The van der Waals surface area contributed by atoms with E-state index in [0.717, 1.165) is 10.6 Å². The molecule has 0 N–H and O–H groups in total. The van der Waals surface area contributed by atoms with Crippen LogP contribution in [-0.2, 0) is 6.42 Å². The zero-order valence-electron chi connectivity index (χ0n) is 10.3. The highest BCUT2D eigenvalue weighted by Crippen LogP contribution is 2.30. The molecule has 98 valence electrons. The second-order valence-corrected chi connectivity index (χ2v) is 5.67. The van der Waals surface area contributed by atoms with Crippen molar-refractivity contribution in [3.63, 3.8) is 0 Å². The molecule has 0 amide bonds. The van der Waals surface area contributed by atoms with E-state index in [1.54, 1.807) is 24.0 Å². The van der Waals surface area contributed by atoms with Crippen LogP contribution in [0.4, 0.5) is 0 Å². The SMILES string of the molecule is COc1nc(-c2noc(Cc3cscn3)n2)sc1C. The van der Waals surface area contributed by atoms with E-state index in [2.05, 4.69) is 20.1 Å². The van der Waals surface area contributed by atoms with E-state index in [1.807, 2.05) is 12.3 Å². The first kappa shape index (κ1) is 12.2. The fourth-order valence-electron chi connectivity index (χ4n) is 1.56. The van der Waals surface area contributed by atoms with Gasteiger partial charge >= 0.3 is 0 Å². The van der Waals surface area contributed by atoms with Crippen molar-refractivity contribution < 1.29 is 9.26 Å². The van der Waals surface area contributed by atoms with Crippen molar-refractivity contribution in [2.45, 2.75) is 13.3 Å². The van der Waals surface area contributed by atoms with E-state index in [9.17, 15) is 0 Å². The van der Waals surface area contributed by atoms with Gasteiger partial charge in [-0.3, -0.25) is 0 Å². The molecule has 0 aliphatic heterocycles. The van der Waals surface area contributed by atoms with Gasteiger partial charge in [0.1, 0.15) is 0 Å². The molecular formula is C11H10N4O2S2. The number of hydrogen-bond donors (Lipinski definition) is 0. The predicted molar refractivity (Wildman–Crippen MR) is 71.6 cm³/mol. The summed E-state index contributed by atoms with van der Waals surface area (Å²) in [6.45, 7) is 1.94. The smallest absolute Gasteiger partial charge is 0.233 e. The predicted octanol–water partition coefficient (Wildman–Crippen LogP) is 2.56. The summed E-state index contributed by atoms with van der Waals surface area (Å²) >= 11 is 3.02. The van der Waals surface area contributed by atoms with Gasteiger partial charge in [0.2, 0.25) is 17.6 Å². The largest absolute Gasteiger partial charge is 0.480 e. The monoisotopic (exact) mass is 294 g/mol. The van der Waals surface area contributed by atoms with Crippen molar-refractivity contribution in [2.24, 2.45) is 0 Å². The average molecular weight is 294 g/mol. The molecule has 0 aromatic carbocycles. The Morgan fingerprint density at radius 1 is 1.37 bits per heavy atom. The van der Waals surface area contributed by atoms with Crippen molar-refractivity contribution in [2.75, 3.05) is 7.11 Å². The fraction of sp³-hybridized carbons (Fsp3) is 0.273. The summed E-state index contributed by atoms with van der Waals surface area (Å²) in [7, 11) is 1.59. The summed E-state index contributed by atoms with van der Waals surface area (Å²) in [4.78, 5) is 13.8. The minimum absolute atomic E-state index is 0.488. The van der Waals surface area contributed by atoms with Crippen molar-refractivity contribution in [1.29, 1.82) is 0 Å². The molecule has 0 spiro atoms. The van der Waals surface area contributed by atoms with Crippen molar-refractivity contribution >= 4 is 22.7 Å². The molecule has 8 heteroatoms. The lowest BCUT2D eigenvalue weighted by Gasteiger charge is -1.90. The number of ether oxygens (including phenoxy) is 1. The van der Waals surface area contributed by atoms with Crippen LogP contribution in [0.2, 0.25) is 0 Å². The molecule has 0 saturated heterocycles. The van der Waals surface area contributed by atoms with Gasteiger partial charge in [-0.2, -0.15) is 9.97 Å². The van der Waals surface area contributed by atoms with Crippen molar-refractivity contribution in [3.8, 4) is 16.7 Å². The van der Waals surface area contributed by atoms with Crippen LogP contribution in [-0.4, -0.2) is 27.2 Å². The first-order valence-corrected chi connectivity index (χ1v) is 7.23. The Hall–Kier alpha value is -1.80. The normalized spacial score (nSPS) is 10.8. The molecule has 0 fully saturated rings. The van der Waals surface area contributed by atoms with Crippen LogP contribution in [0.15, 0.2) is 15.4 Å². The van der Waals surface area contributed by atoms with Gasteiger partial charge in [-0.25, -0.2) is 4.98 Å². The van der Waals surface area contributed by atoms with Crippen LogP contribution in [0.25, 0.3) is 10.8 Å². The zero-order chi connectivity index (χ0) is 13.2. The number of hydrogen-bond acceptors (Lipinski definition) is 8. The Kier molecular flexibility index (Phi) is 3.26. The number of aryl methyl sites for hydroxylation is 1. The summed E-state index contributed by atoms with van der Waals surface area (Å²) in [6.07, 6.45) is 0.540. The van der Waals surface area contributed by atoms with Crippen LogP contribution in [0.5, 0.6) is 5.88 Å². The Balaban J connectivity index is 1.84. The number of nitrogens with zero attached hydrogens (tertiary/aromatic N) is 4. The summed E-state index contributed by atoms with van der Waals surface area (Å²) in [5.74, 6) is 1.63. The van der Waals surface area contributed by atoms with Crippen molar-refractivity contribution in [1.82, 2.24) is 20.1 Å². The molecule has 3 aromatic heterocycles. The molecule has 3 aromatic rings. The lowest BCUT2D eigenvalue weighted by molar-refractivity contribution is 0.384. The van der Waals surface area contributed by atoms with E-state index < -0.39 is 0 Å². The lowest BCUT2D eigenvalue weighted by atomic mass is 10.3. The van der Waals surface area contributed by atoms with Crippen LogP contribution in [0.3, 0.4) is 0 Å². The molecule has 3 heterocycles. The molecule has 0 aliphatic carbocycles. The van der Waals surface area contributed by atoms with Crippen LogP contribution < -0.4 is 4.74 Å². The number of thiazole rings is 2. The maximum atomic E-state index is 5.20. The number of aromatic nitrogens is 4. The number of rotatable bonds is 4. The molecule has 6 nitrogen and oxygen atoms in total. The van der Waals surface area contributed by atoms with Gasteiger partial charge in [0.25, 0.3) is 0 Å². The standard InChI is InChI=1S/C11H10N4O2S2/c1-6-10(16-2)14-11(19-6)9-13-8(17-15-9)3-7-4-18-5-12-7/h4-5H,3H2,1-2H3. The average Bonchev–Trinajstić information content (AvgIpc) is 3.10. The highest BCUT2D eigenvalue weighted by molar-refractivity contribution is 7.15. The summed E-state index contributed by atoms with van der Waals surface area (Å²) in [5.41, 5.74) is 2.70. The highest BCUT2D eigenvalue weighted by atomic mass is 32.1. The molecule has 0 aliphatic rings. The van der Waals surface area contributed by atoms with Gasteiger partial charge in [-0.05, 0) is 6.92 Å². The van der Waals surface area contributed by atoms with Gasteiger partial charge in [-0.15, -0.1) is 22.7 Å². The zero-order valence-corrected chi connectivity index (χ0v) is 11.9. The third-order valence-corrected chi connectivity index (χ3v) is 4.01. The van der Waals surface area contributed by atoms with E-state index in [-0.39, 0.29) is 0 Å². The van der Waals surface area contributed by atoms with E-state index in [1.165, 1.54) is 11.3 Å². The van der Waals surface area contributed by atoms with Gasteiger partial charge in [-0.1, -0.05) is 5.16 Å². The van der Waals surface area contributed by atoms with Crippen LogP contribution in [0, 0.1) is 6.92 Å². The Morgan fingerprint density at radius 3 is 2.95 bits per heavy atom. The maximum absolute atomic E-state index is 5.20. The Bertz CT molecular complexity index is 675. The van der Waals surface area contributed by atoms with E-state index >= 15 is 0 Å².